The maximum Gasteiger partial charge on any atom is 0.120 e. The summed E-state index contributed by atoms with van der Waals surface area (Å²) in [7, 11) is 0. The number of aliphatic hydroxyl groups excluding tert-OH is 1. The number of halogens is 1. The molecule has 2 N–H and O–H groups in total. The van der Waals surface area contributed by atoms with Crippen LogP contribution in [0.3, 0.4) is 0 Å². The summed E-state index contributed by atoms with van der Waals surface area (Å²) >= 11 is 5.87. The van der Waals surface area contributed by atoms with Gasteiger partial charge in [0.1, 0.15) is 5.75 Å². The van der Waals surface area contributed by atoms with Gasteiger partial charge in [-0.2, -0.15) is 0 Å². The second-order valence-electron chi connectivity index (χ2n) is 3.13. The van der Waals surface area contributed by atoms with Crippen LogP contribution in [0.15, 0.2) is 18.2 Å². The first kappa shape index (κ1) is 10.4. The van der Waals surface area contributed by atoms with Crippen LogP contribution >= 0.6 is 11.6 Å². The number of phenols is 1. The number of rotatable bonds is 3. The summed E-state index contributed by atoms with van der Waals surface area (Å²) in [6.45, 7) is 1.72. The lowest BCUT2D eigenvalue weighted by atomic mass is 10.1. The van der Waals surface area contributed by atoms with Gasteiger partial charge in [-0.3, -0.25) is 0 Å². The quantitative estimate of drug-likeness (QED) is 0.787. The Kier molecular flexibility index (Phi) is 3.58. The molecule has 1 rings (SSSR count). The Hall–Kier alpha value is -0.730. The third-order valence-corrected chi connectivity index (χ3v) is 2.26. The van der Waals surface area contributed by atoms with Crippen molar-refractivity contribution in [3.05, 3.63) is 28.8 Å². The monoisotopic (exact) mass is 200 g/mol. The maximum atomic E-state index is 9.44. The van der Waals surface area contributed by atoms with E-state index in [9.17, 15) is 5.11 Å². The van der Waals surface area contributed by atoms with Crippen molar-refractivity contribution in [3.8, 4) is 5.75 Å². The molecule has 0 aliphatic carbocycles. The minimum atomic E-state index is -0.365. The fraction of sp³-hybridized carbons (Fsp3) is 0.400. The zero-order valence-electron chi connectivity index (χ0n) is 7.50. The molecule has 1 aromatic carbocycles. The average Bonchev–Trinajstić information content (AvgIpc) is 2.03. The summed E-state index contributed by atoms with van der Waals surface area (Å²) < 4.78 is 0. The van der Waals surface area contributed by atoms with E-state index in [2.05, 4.69) is 0 Å². The number of hydrogen-bond acceptors (Lipinski definition) is 2. The molecule has 1 atom stereocenters. The van der Waals surface area contributed by atoms with E-state index in [0.717, 1.165) is 0 Å². The smallest absolute Gasteiger partial charge is 0.120 e. The lowest BCUT2D eigenvalue weighted by molar-refractivity contribution is 0.184. The van der Waals surface area contributed by atoms with Crippen LogP contribution in [0.2, 0.25) is 5.02 Å². The number of aliphatic hydroxyl groups is 1. The Morgan fingerprint density at radius 2 is 2.15 bits per heavy atom. The molecule has 0 spiro atoms. The number of aromatic hydroxyl groups is 1. The molecule has 13 heavy (non-hydrogen) atoms. The second kappa shape index (κ2) is 4.49. The van der Waals surface area contributed by atoms with Crippen LogP contribution in [-0.2, 0) is 6.42 Å². The Balaban J connectivity index is 2.75. The second-order valence-corrected chi connectivity index (χ2v) is 3.53. The highest BCUT2D eigenvalue weighted by molar-refractivity contribution is 6.31. The SMILES string of the molecule is CC(O)CCc1c(O)cccc1Cl. The van der Waals surface area contributed by atoms with E-state index in [1.165, 1.54) is 0 Å². The predicted octanol–water partition coefficient (Wildman–Crippen LogP) is 2.36. The molecular weight excluding hydrogens is 188 g/mol. The number of benzene rings is 1. The van der Waals surface area contributed by atoms with Crippen LogP contribution in [-0.4, -0.2) is 16.3 Å². The van der Waals surface area contributed by atoms with Crippen molar-refractivity contribution in [2.75, 3.05) is 0 Å². The van der Waals surface area contributed by atoms with Crippen LogP contribution < -0.4 is 0 Å². The summed E-state index contributed by atoms with van der Waals surface area (Å²) in [5.74, 6) is 0.202. The van der Waals surface area contributed by atoms with Gasteiger partial charge in [0.15, 0.2) is 0 Å². The van der Waals surface area contributed by atoms with Crippen molar-refractivity contribution >= 4 is 11.6 Å². The standard InChI is InChI=1S/C10H13ClO2/c1-7(12)5-6-8-9(11)3-2-4-10(8)13/h2-4,7,12-13H,5-6H2,1H3. The largest absolute Gasteiger partial charge is 0.508 e. The average molecular weight is 201 g/mol. The van der Waals surface area contributed by atoms with Gasteiger partial charge >= 0.3 is 0 Å². The molecule has 0 radical (unpaired) electrons. The van der Waals surface area contributed by atoms with E-state index in [0.29, 0.717) is 23.4 Å². The normalized spacial score (nSPS) is 12.8. The van der Waals surface area contributed by atoms with E-state index in [4.69, 9.17) is 16.7 Å². The van der Waals surface area contributed by atoms with Gasteiger partial charge in [-0.1, -0.05) is 17.7 Å². The van der Waals surface area contributed by atoms with E-state index in [1.54, 1.807) is 25.1 Å². The molecule has 1 unspecified atom stereocenters. The molecule has 0 aliphatic rings. The van der Waals surface area contributed by atoms with Crippen molar-refractivity contribution in [1.29, 1.82) is 0 Å². The van der Waals surface area contributed by atoms with E-state index in [-0.39, 0.29) is 11.9 Å². The minimum absolute atomic E-state index is 0.202. The van der Waals surface area contributed by atoms with Crippen LogP contribution in [0.5, 0.6) is 5.75 Å². The van der Waals surface area contributed by atoms with Crippen LogP contribution in [0.25, 0.3) is 0 Å². The lowest BCUT2D eigenvalue weighted by Crippen LogP contribution is -2.01. The van der Waals surface area contributed by atoms with Gasteiger partial charge in [-0.05, 0) is 31.9 Å². The molecule has 2 nitrogen and oxygen atoms in total. The first-order valence-corrected chi connectivity index (χ1v) is 4.63. The third-order valence-electron chi connectivity index (χ3n) is 1.91. The Labute approximate surface area is 82.8 Å². The molecule has 0 amide bonds. The summed E-state index contributed by atoms with van der Waals surface area (Å²) in [4.78, 5) is 0. The van der Waals surface area contributed by atoms with Crippen LogP contribution in [0.1, 0.15) is 18.9 Å². The van der Waals surface area contributed by atoms with E-state index < -0.39 is 0 Å². The van der Waals surface area contributed by atoms with Gasteiger partial charge in [0.25, 0.3) is 0 Å². The molecule has 1 aromatic rings. The highest BCUT2D eigenvalue weighted by atomic mass is 35.5. The molecule has 0 bridgehead atoms. The van der Waals surface area contributed by atoms with E-state index >= 15 is 0 Å². The van der Waals surface area contributed by atoms with Gasteiger partial charge in [0.05, 0.1) is 6.10 Å². The number of hydrogen-bond donors (Lipinski definition) is 2. The maximum absolute atomic E-state index is 9.44. The fourth-order valence-electron chi connectivity index (χ4n) is 1.15. The third kappa shape index (κ3) is 2.90. The zero-order chi connectivity index (χ0) is 9.84. The van der Waals surface area contributed by atoms with Crippen molar-refractivity contribution in [2.45, 2.75) is 25.9 Å². The topological polar surface area (TPSA) is 40.5 Å². The predicted molar refractivity (Wildman–Crippen MR) is 53.1 cm³/mol. The van der Waals surface area contributed by atoms with Gasteiger partial charge in [-0.15, -0.1) is 0 Å². The van der Waals surface area contributed by atoms with Gasteiger partial charge < -0.3 is 10.2 Å². The molecule has 0 aliphatic heterocycles. The van der Waals surface area contributed by atoms with E-state index in [1.807, 2.05) is 0 Å². The fourth-order valence-corrected chi connectivity index (χ4v) is 1.41. The van der Waals surface area contributed by atoms with Crippen LogP contribution in [0.4, 0.5) is 0 Å². The molecule has 0 heterocycles. The molecule has 0 fully saturated rings. The molecule has 0 saturated heterocycles. The summed E-state index contributed by atoms with van der Waals surface area (Å²) in [5, 5.41) is 19.1. The number of phenolic OH excluding ortho intramolecular Hbond substituents is 1. The van der Waals surface area contributed by atoms with Gasteiger partial charge in [-0.25, -0.2) is 0 Å². The van der Waals surface area contributed by atoms with Gasteiger partial charge in [0.2, 0.25) is 0 Å². The van der Waals surface area contributed by atoms with Gasteiger partial charge in [0, 0.05) is 10.6 Å². The zero-order valence-corrected chi connectivity index (χ0v) is 8.25. The molecular formula is C10H13ClO2. The Morgan fingerprint density at radius 3 is 2.69 bits per heavy atom. The summed E-state index contributed by atoms with van der Waals surface area (Å²) in [6, 6.07) is 5.03. The molecule has 72 valence electrons. The first-order valence-electron chi connectivity index (χ1n) is 4.25. The Morgan fingerprint density at radius 1 is 1.46 bits per heavy atom. The van der Waals surface area contributed by atoms with Crippen molar-refractivity contribution in [3.63, 3.8) is 0 Å². The summed E-state index contributed by atoms with van der Waals surface area (Å²) in [5.41, 5.74) is 0.713. The highest BCUT2D eigenvalue weighted by Gasteiger charge is 2.06. The lowest BCUT2D eigenvalue weighted by Gasteiger charge is -2.07. The Bertz CT molecular complexity index is 264. The van der Waals surface area contributed by atoms with Crippen molar-refractivity contribution in [1.82, 2.24) is 0 Å². The molecule has 0 saturated carbocycles. The van der Waals surface area contributed by atoms with Crippen LogP contribution in [0, 0.1) is 0 Å². The molecule has 3 heteroatoms. The molecule has 0 aromatic heterocycles. The highest BCUT2D eigenvalue weighted by Crippen LogP contribution is 2.26. The first-order chi connectivity index (χ1) is 6.11. The van der Waals surface area contributed by atoms with Crippen molar-refractivity contribution < 1.29 is 10.2 Å². The summed E-state index contributed by atoms with van der Waals surface area (Å²) in [6.07, 6.45) is 0.844. The van der Waals surface area contributed by atoms with Crippen molar-refractivity contribution in [2.24, 2.45) is 0 Å². The minimum Gasteiger partial charge on any atom is -0.508 e.